The number of ether oxygens (including phenoxy) is 1. The zero-order valence-corrected chi connectivity index (χ0v) is 12.9. The molecule has 0 atom stereocenters. The third kappa shape index (κ3) is 5.20. The van der Waals surface area contributed by atoms with Gasteiger partial charge in [-0.25, -0.2) is 0 Å². The third-order valence-electron chi connectivity index (χ3n) is 3.35. The molecule has 4 nitrogen and oxygen atoms in total. The molecule has 1 aromatic carbocycles. The molecule has 22 heavy (non-hydrogen) atoms. The van der Waals surface area contributed by atoms with E-state index in [0.29, 0.717) is 26.0 Å². The van der Waals surface area contributed by atoms with Crippen LogP contribution in [0.4, 0.5) is 0 Å². The summed E-state index contributed by atoms with van der Waals surface area (Å²) in [5.74, 6) is 0.934. The summed E-state index contributed by atoms with van der Waals surface area (Å²) in [7, 11) is 0. The Bertz CT molecular complexity index is 585. The van der Waals surface area contributed by atoms with Crippen molar-refractivity contribution >= 4 is 5.91 Å². The zero-order valence-electron chi connectivity index (χ0n) is 12.9. The van der Waals surface area contributed by atoms with Crippen LogP contribution in [0.25, 0.3) is 0 Å². The van der Waals surface area contributed by atoms with E-state index in [1.54, 1.807) is 6.20 Å². The summed E-state index contributed by atoms with van der Waals surface area (Å²) in [6.07, 6.45) is 5.53. The van der Waals surface area contributed by atoms with Crippen LogP contribution in [0, 0.1) is 0 Å². The van der Waals surface area contributed by atoms with Crippen LogP contribution in [0.1, 0.15) is 24.5 Å². The van der Waals surface area contributed by atoms with Gasteiger partial charge in [0.05, 0.1) is 6.61 Å². The van der Waals surface area contributed by atoms with Crippen LogP contribution >= 0.6 is 0 Å². The van der Waals surface area contributed by atoms with Gasteiger partial charge in [-0.2, -0.15) is 0 Å². The predicted molar refractivity (Wildman–Crippen MR) is 86.9 cm³/mol. The van der Waals surface area contributed by atoms with Crippen LogP contribution in [-0.2, 0) is 17.6 Å². The molecule has 4 heteroatoms. The lowest BCUT2D eigenvalue weighted by Gasteiger charge is -2.10. The second-order valence-electron chi connectivity index (χ2n) is 5.00. The van der Waals surface area contributed by atoms with E-state index in [-0.39, 0.29) is 5.91 Å². The van der Waals surface area contributed by atoms with Crippen LogP contribution in [-0.4, -0.2) is 24.0 Å². The Balaban J connectivity index is 1.74. The Morgan fingerprint density at radius 2 is 2.05 bits per heavy atom. The molecule has 0 aliphatic carbocycles. The average Bonchev–Trinajstić information content (AvgIpc) is 2.55. The second-order valence-corrected chi connectivity index (χ2v) is 5.00. The van der Waals surface area contributed by atoms with E-state index in [1.807, 2.05) is 49.5 Å². The van der Waals surface area contributed by atoms with Crippen LogP contribution in [0.3, 0.4) is 0 Å². The first-order valence-corrected chi connectivity index (χ1v) is 7.66. The van der Waals surface area contributed by atoms with Gasteiger partial charge in [0.25, 0.3) is 0 Å². The van der Waals surface area contributed by atoms with Crippen LogP contribution in [0.15, 0.2) is 48.8 Å². The summed E-state index contributed by atoms with van der Waals surface area (Å²) in [6, 6.07) is 11.8. The number of pyridine rings is 1. The van der Waals surface area contributed by atoms with E-state index in [0.717, 1.165) is 23.3 Å². The van der Waals surface area contributed by atoms with E-state index < -0.39 is 0 Å². The number of nitrogens with zero attached hydrogens (tertiary/aromatic N) is 1. The highest BCUT2D eigenvalue weighted by atomic mass is 16.5. The lowest BCUT2D eigenvalue weighted by molar-refractivity contribution is -0.121. The molecule has 0 saturated carbocycles. The average molecular weight is 298 g/mol. The van der Waals surface area contributed by atoms with Gasteiger partial charge < -0.3 is 10.1 Å². The number of benzene rings is 1. The molecule has 0 saturated heterocycles. The van der Waals surface area contributed by atoms with Crippen LogP contribution in [0.5, 0.6) is 5.75 Å². The molecular formula is C18H22N2O2. The summed E-state index contributed by atoms with van der Waals surface area (Å²) in [6.45, 7) is 3.23. The molecule has 2 aromatic rings. The summed E-state index contributed by atoms with van der Waals surface area (Å²) < 4.78 is 5.57. The van der Waals surface area contributed by atoms with Crippen molar-refractivity contribution in [2.24, 2.45) is 0 Å². The van der Waals surface area contributed by atoms with E-state index in [4.69, 9.17) is 4.74 Å². The first kappa shape index (κ1) is 16.0. The molecule has 0 aliphatic heterocycles. The van der Waals surface area contributed by atoms with E-state index in [1.165, 1.54) is 0 Å². The van der Waals surface area contributed by atoms with E-state index in [9.17, 15) is 4.79 Å². The highest BCUT2D eigenvalue weighted by molar-refractivity contribution is 5.76. The van der Waals surface area contributed by atoms with Gasteiger partial charge in [0.1, 0.15) is 5.75 Å². The Morgan fingerprint density at radius 1 is 1.18 bits per heavy atom. The van der Waals surface area contributed by atoms with Crippen molar-refractivity contribution in [1.29, 1.82) is 0 Å². The number of hydrogen-bond donors (Lipinski definition) is 1. The maximum absolute atomic E-state index is 11.9. The quantitative estimate of drug-likeness (QED) is 0.815. The third-order valence-corrected chi connectivity index (χ3v) is 3.35. The van der Waals surface area contributed by atoms with Crippen molar-refractivity contribution in [1.82, 2.24) is 10.3 Å². The fraction of sp³-hybridized carbons (Fsp3) is 0.333. The molecular weight excluding hydrogens is 276 g/mol. The zero-order chi connectivity index (χ0) is 15.6. The summed E-state index contributed by atoms with van der Waals surface area (Å²) in [4.78, 5) is 16.0. The molecule has 0 bridgehead atoms. The number of para-hydroxylation sites is 1. The molecule has 0 radical (unpaired) electrons. The van der Waals surface area contributed by atoms with Crippen molar-refractivity contribution in [2.75, 3.05) is 13.2 Å². The molecule has 0 fully saturated rings. The van der Waals surface area contributed by atoms with Crippen LogP contribution in [0.2, 0.25) is 0 Å². The minimum absolute atomic E-state index is 0.0650. The van der Waals surface area contributed by atoms with Crippen molar-refractivity contribution in [3.05, 3.63) is 59.9 Å². The lowest BCUT2D eigenvalue weighted by Crippen LogP contribution is -2.25. The predicted octanol–water partition coefficient (Wildman–Crippen LogP) is 2.77. The van der Waals surface area contributed by atoms with Gasteiger partial charge in [-0.15, -0.1) is 0 Å². The van der Waals surface area contributed by atoms with E-state index in [2.05, 4.69) is 10.3 Å². The Morgan fingerprint density at radius 3 is 2.82 bits per heavy atom. The van der Waals surface area contributed by atoms with Crippen molar-refractivity contribution in [3.8, 4) is 5.75 Å². The van der Waals surface area contributed by atoms with Crippen molar-refractivity contribution < 1.29 is 9.53 Å². The van der Waals surface area contributed by atoms with Gasteiger partial charge in [0.2, 0.25) is 5.91 Å². The van der Waals surface area contributed by atoms with Crippen LogP contribution < -0.4 is 10.1 Å². The summed E-state index contributed by atoms with van der Waals surface area (Å²) >= 11 is 0. The molecule has 0 spiro atoms. The molecule has 1 N–H and O–H groups in total. The van der Waals surface area contributed by atoms with Gasteiger partial charge in [0.15, 0.2) is 0 Å². The summed E-state index contributed by atoms with van der Waals surface area (Å²) in [5, 5.41) is 2.95. The molecule has 2 rings (SSSR count). The van der Waals surface area contributed by atoms with Crippen molar-refractivity contribution in [3.63, 3.8) is 0 Å². The topological polar surface area (TPSA) is 51.2 Å². The van der Waals surface area contributed by atoms with Gasteiger partial charge in [-0.3, -0.25) is 9.78 Å². The number of nitrogens with one attached hydrogen (secondary N) is 1. The fourth-order valence-electron chi connectivity index (χ4n) is 2.24. The minimum atomic E-state index is 0.0650. The smallest absolute Gasteiger partial charge is 0.220 e. The van der Waals surface area contributed by atoms with Gasteiger partial charge in [-0.1, -0.05) is 24.3 Å². The molecule has 1 amide bonds. The molecule has 0 unspecified atom stereocenters. The SMILES string of the molecule is CCOc1ccccc1CCC(=O)NCCc1cccnc1. The summed E-state index contributed by atoms with van der Waals surface area (Å²) in [5.41, 5.74) is 2.20. The molecule has 1 heterocycles. The number of aromatic nitrogens is 1. The number of rotatable bonds is 8. The Labute approximate surface area is 131 Å². The highest BCUT2D eigenvalue weighted by Crippen LogP contribution is 2.19. The number of hydrogen-bond acceptors (Lipinski definition) is 3. The first-order chi connectivity index (χ1) is 10.8. The number of carbonyl (C=O) groups is 1. The van der Waals surface area contributed by atoms with Crippen molar-refractivity contribution in [2.45, 2.75) is 26.2 Å². The number of amides is 1. The van der Waals surface area contributed by atoms with E-state index >= 15 is 0 Å². The molecule has 116 valence electrons. The fourth-order valence-corrected chi connectivity index (χ4v) is 2.24. The standard InChI is InChI=1S/C18H22N2O2/c1-2-22-17-8-4-3-7-16(17)9-10-18(21)20-13-11-15-6-5-12-19-14-15/h3-8,12,14H,2,9-11,13H2,1H3,(H,20,21). The molecule has 1 aromatic heterocycles. The number of aryl methyl sites for hydroxylation is 1. The maximum atomic E-state index is 11.9. The largest absolute Gasteiger partial charge is 0.494 e. The van der Waals surface area contributed by atoms with Gasteiger partial charge in [-0.05, 0) is 43.0 Å². The number of carbonyl (C=O) groups excluding carboxylic acids is 1. The van der Waals surface area contributed by atoms with Gasteiger partial charge in [0, 0.05) is 25.4 Å². The highest BCUT2D eigenvalue weighted by Gasteiger charge is 2.06. The lowest BCUT2D eigenvalue weighted by atomic mass is 10.1. The molecule has 0 aliphatic rings. The first-order valence-electron chi connectivity index (χ1n) is 7.66. The second kappa shape index (κ2) is 8.82. The Hall–Kier alpha value is -2.36. The Kier molecular flexibility index (Phi) is 6.42. The maximum Gasteiger partial charge on any atom is 0.220 e. The normalized spacial score (nSPS) is 10.2. The minimum Gasteiger partial charge on any atom is -0.494 e. The monoisotopic (exact) mass is 298 g/mol. The van der Waals surface area contributed by atoms with Gasteiger partial charge >= 0.3 is 0 Å².